The van der Waals surface area contributed by atoms with Gasteiger partial charge in [0.1, 0.15) is 17.0 Å². The number of nitrogens with zero attached hydrogens (tertiary/aromatic N) is 1. The average Bonchev–Trinajstić information content (AvgIpc) is 2.88. The molecule has 1 aliphatic carbocycles. The van der Waals surface area contributed by atoms with Crippen LogP contribution < -0.4 is 14.8 Å². The maximum Gasteiger partial charge on any atom is 0.329 e. The lowest BCUT2D eigenvalue weighted by Crippen LogP contribution is -2.62. The predicted molar refractivity (Wildman–Crippen MR) is 147 cm³/mol. The van der Waals surface area contributed by atoms with Crippen LogP contribution in [0.25, 0.3) is 0 Å². The summed E-state index contributed by atoms with van der Waals surface area (Å²) >= 11 is 0. The van der Waals surface area contributed by atoms with Gasteiger partial charge in [0, 0.05) is 12.1 Å². The number of ether oxygens (including phenoxy) is 3. The van der Waals surface area contributed by atoms with Crippen LogP contribution in [-0.4, -0.2) is 53.9 Å². The zero-order chi connectivity index (χ0) is 27.9. The number of carboxylic acid groups (broad SMARTS) is 1. The summed E-state index contributed by atoms with van der Waals surface area (Å²) in [6, 6.07) is 11.0. The number of rotatable bonds is 13. The monoisotopic (exact) mass is 526 g/mol. The highest BCUT2D eigenvalue weighted by atomic mass is 16.5. The van der Waals surface area contributed by atoms with Crippen LogP contribution in [0.15, 0.2) is 36.4 Å². The molecule has 2 N–H and O–H groups in total. The standard InChI is InChI=1S/C30H42N2O6/c1-7-36-26-19-25(20(3)27(21(26)4)37-8-2)22(5)32(29(35)31-30(28(33)34)15-12-16-30)17-18-38-23(6)24-13-10-9-11-14-24/h9-11,13-14,19,22-23H,7-8,12,15-18H2,1-6H3,(H,31,35)(H,33,34). The van der Waals surface area contributed by atoms with Crippen LogP contribution in [0.1, 0.15) is 81.4 Å². The molecule has 0 bridgehead atoms. The fourth-order valence-electron chi connectivity index (χ4n) is 4.97. The van der Waals surface area contributed by atoms with Gasteiger partial charge < -0.3 is 29.5 Å². The highest BCUT2D eigenvalue weighted by Crippen LogP contribution is 2.39. The second-order valence-electron chi connectivity index (χ2n) is 9.87. The van der Waals surface area contributed by atoms with Gasteiger partial charge in [-0.1, -0.05) is 30.3 Å². The number of hydrogen-bond acceptors (Lipinski definition) is 5. The van der Waals surface area contributed by atoms with Crippen molar-refractivity contribution in [2.75, 3.05) is 26.4 Å². The first-order valence-corrected chi connectivity index (χ1v) is 13.5. The lowest BCUT2D eigenvalue weighted by molar-refractivity contribution is -0.148. The van der Waals surface area contributed by atoms with Crippen LogP contribution in [0.2, 0.25) is 0 Å². The molecule has 38 heavy (non-hydrogen) atoms. The first-order valence-electron chi connectivity index (χ1n) is 13.5. The van der Waals surface area contributed by atoms with Crippen molar-refractivity contribution in [3.8, 4) is 11.5 Å². The van der Waals surface area contributed by atoms with Gasteiger partial charge in [-0.3, -0.25) is 0 Å². The Morgan fingerprint density at radius 1 is 1.05 bits per heavy atom. The molecule has 2 aromatic carbocycles. The first kappa shape index (κ1) is 29.3. The van der Waals surface area contributed by atoms with Crippen molar-refractivity contribution in [2.24, 2.45) is 0 Å². The molecule has 0 radical (unpaired) electrons. The third kappa shape index (κ3) is 6.41. The Bertz CT molecular complexity index is 1100. The van der Waals surface area contributed by atoms with E-state index < -0.39 is 23.6 Å². The highest BCUT2D eigenvalue weighted by Gasteiger charge is 2.46. The zero-order valence-corrected chi connectivity index (χ0v) is 23.5. The topological polar surface area (TPSA) is 97.3 Å². The van der Waals surface area contributed by atoms with Gasteiger partial charge in [0.05, 0.1) is 32.0 Å². The molecule has 1 saturated carbocycles. The Kier molecular flexibility index (Phi) is 10.0. The minimum atomic E-state index is -1.22. The summed E-state index contributed by atoms with van der Waals surface area (Å²) in [5.74, 6) is 0.455. The van der Waals surface area contributed by atoms with Crippen LogP contribution in [0.5, 0.6) is 11.5 Å². The second kappa shape index (κ2) is 13.0. The summed E-state index contributed by atoms with van der Waals surface area (Å²) in [6.07, 6.45) is 1.46. The van der Waals surface area contributed by atoms with Crippen LogP contribution in [0.4, 0.5) is 4.79 Å². The van der Waals surface area contributed by atoms with Crippen molar-refractivity contribution in [1.29, 1.82) is 0 Å². The Morgan fingerprint density at radius 2 is 1.71 bits per heavy atom. The molecule has 3 rings (SSSR count). The number of carbonyl (C=O) groups is 2. The third-order valence-electron chi connectivity index (χ3n) is 7.47. The van der Waals surface area contributed by atoms with Gasteiger partial charge in [0.25, 0.3) is 0 Å². The van der Waals surface area contributed by atoms with Crippen molar-refractivity contribution < 1.29 is 28.9 Å². The van der Waals surface area contributed by atoms with Gasteiger partial charge in [-0.15, -0.1) is 0 Å². The van der Waals surface area contributed by atoms with E-state index in [4.69, 9.17) is 14.2 Å². The summed E-state index contributed by atoms with van der Waals surface area (Å²) in [5, 5.41) is 12.6. The van der Waals surface area contributed by atoms with Crippen molar-refractivity contribution in [1.82, 2.24) is 10.2 Å². The molecule has 2 aromatic rings. The zero-order valence-electron chi connectivity index (χ0n) is 23.5. The van der Waals surface area contributed by atoms with Crippen molar-refractivity contribution in [2.45, 2.75) is 78.5 Å². The number of urea groups is 1. The van der Waals surface area contributed by atoms with E-state index in [0.29, 0.717) is 31.8 Å². The summed E-state index contributed by atoms with van der Waals surface area (Å²) in [4.78, 5) is 27.3. The van der Waals surface area contributed by atoms with Crippen molar-refractivity contribution in [3.05, 3.63) is 58.7 Å². The Hall–Kier alpha value is -3.26. The summed E-state index contributed by atoms with van der Waals surface area (Å²) in [5.41, 5.74) is 2.55. The highest BCUT2D eigenvalue weighted by molar-refractivity contribution is 5.87. The molecule has 0 spiro atoms. The maximum atomic E-state index is 13.6. The lowest BCUT2D eigenvalue weighted by Gasteiger charge is -2.41. The molecule has 2 amide bonds. The van der Waals surface area contributed by atoms with Gasteiger partial charge in [-0.2, -0.15) is 0 Å². The smallest absolute Gasteiger partial charge is 0.329 e. The number of aliphatic carboxylic acids is 1. The number of benzene rings is 2. The van der Waals surface area contributed by atoms with E-state index in [1.54, 1.807) is 4.90 Å². The summed E-state index contributed by atoms with van der Waals surface area (Å²) in [6.45, 7) is 13.3. The quantitative estimate of drug-likeness (QED) is 0.334. The van der Waals surface area contributed by atoms with Gasteiger partial charge in [-0.25, -0.2) is 9.59 Å². The fourth-order valence-corrected chi connectivity index (χ4v) is 4.97. The van der Waals surface area contributed by atoms with Gasteiger partial charge in [0.15, 0.2) is 0 Å². The SMILES string of the molecule is CCOc1cc(C(C)N(CCOC(C)c2ccccc2)C(=O)NC2(C(=O)O)CCC2)c(C)c(OCC)c1C. The number of nitrogens with one attached hydrogen (secondary N) is 1. The number of carboxylic acids is 1. The van der Waals surface area contributed by atoms with E-state index in [9.17, 15) is 14.7 Å². The Labute approximate surface area is 226 Å². The summed E-state index contributed by atoms with van der Waals surface area (Å²) < 4.78 is 18.0. The molecular weight excluding hydrogens is 484 g/mol. The number of amides is 2. The van der Waals surface area contributed by atoms with Crippen LogP contribution in [0.3, 0.4) is 0 Å². The number of carbonyl (C=O) groups excluding carboxylic acids is 1. The van der Waals surface area contributed by atoms with E-state index >= 15 is 0 Å². The minimum absolute atomic E-state index is 0.149. The molecule has 0 saturated heterocycles. The second-order valence-corrected chi connectivity index (χ2v) is 9.87. The van der Waals surface area contributed by atoms with E-state index in [0.717, 1.165) is 34.4 Å². The van der Waals surface area contributed by atoms with Crippen molar-refractivity contribution >= 4 is 12.0 Å². The normalized spacial score (nSPS) is 15.6. The van der Waals surface area contributed by atoms with E-state index in [-0.39, 0.29) is 19.3 Å². The summed E-state index contributed by atoms with van der Waals surface area (Å²) in [7, 11) is 0. The van der Waals surface area contributed by atoms with Crippen LogP contribution in [-0.2, 0) is 9.53 Å². The van der Waals surface area contributed by atoms with E-state index in [1.807, 2.05) is 77.9 Å². The lowest BCUT2D eigenvalue weighted by atomic mass is 9.77. The molecule has 1 fully saturated rings. The van der Waals surface area contributed by atoms with E-state index in [2.05, 4.69) is 5.32 Å². The molecule has 0 aromatic heterocycles. The van der Waals surface area contributed by atoms with Gasteiger partial charge >= 0.3 is 12.0 Å². The fraction of sp³-hybridized carbons (Fsp3) is 0.533. The van der Waals surface area contributed by atoms with Crippen molar-refractivity contribution in [3.63, 3.8) is 0 Å². The predicted octanol–water partition coefficient (Wildman–Crippen LogP) is 5.96. The first-order chi connectivity index (χ1) is 18.1. The molecule has 8 heteroatoms. The van der Waals surface area contributed by atoms with Gasteiger partial charge in [-0.05, 0) is 83.6 Å². The molecule has 0 heterocycles. The average molecular weight is 527 g/mol. The molecule has 8 nitrogen and oxygen atoms in total. The Balaban J connectivity index is 1.91. The van der Waals surface area contributed by atoms with Crippen LogP contribution in [0, 0.1) is 13.8 Å². The molecular formula is C30H42N2O6. The minimum Gasteiger partial charge on any atom is -0.493 e. The maximum absolute atomic E-state index is 13.6. The van der Waals surface area contributed by atoms with Gasteiger partial charge in [0.2, 0.25) is 0 Å². The molecule has 2 unspecified atom stereocenters. The largest absolute Gasteiger partial charge is 0.493 e. The Morgan fingerprint density at radius 3 is 2.26 bits per heavy atom. The molecule has 1 aliphatic rings. The molecule has 2 atom stereocenters. The number of hydrogen-bond donors (Lipinski definition) is 2. The van der Waals surface area contributed by atoms with Crippen LogP contribution >= 0.6 is 0 Å². The molecule has 208 valence electrons. The third-order valence-corrected chi connectivity index (χ3v) is 7.47. The molecule has 0 aliphatic heterocycles. The van der Waals surface area contributed by atoms with E-state index in [1.165, 1.54) is 0 Å².